The van der Waals surface area contributed by atoms with Gasteiger partial charge in [0.2, 0.25) is 0 Å². The Kier molecular flexibility index (Phi) is 4.65. The predicted molar refractivity (Wildman–Crippen MR) is 74.1 cm³/mol. The van der Waals surface area contributed by atoms with Crippen molar-refractivity contribution in [2.75, 3.05) is 19.7 Å². The van der Waals surface area contributed by atoms with E-state index in [1.54, 1.807) is 12.3 Å². The maximum Gasteiger partial charge on any atom is 0.258 e. The van der Waals surface area contributed by atoms with Crippen LogP contribution in [0.1, 0.15) is 19.0 Å². The van der Waals surface area contributed by atoms with Crippen molar-refractivity contribution < 1.29 is 5.11 Å². The lowest BCUT2D eigenvalue weighted by Crippen LogP contribution is -2.26. The summed E-state index contributed by atoms with van der Waals surface area (Å²) < 4.78 is 1.54. The molecule has 5 heteroatoms. The normalized spacial score (nSPS) is 11.3. The molecule has 0 aliphatic heterocycles. The van der Waals surface area contributed by atoms with Crippen LogP contribution < -0.4 is 5.56 Å². The zero-order valence-corrected chi connectivity index (χ0v) is 11.1. The first-order valence-electron chi connectivity index (χ1n) is 6.55. The molecular formula is C14H19N3O2. The van der Waals surface area contributed by atoms with Gasteiger partial charge >= 0.3 is 0 Å². The Bertz CT molecular complexity index is 595. The zero-order valence-electron chi connectivity index (χ0n) is 11.1. The van der Waals surface area contributed by atoms with Crippen LogP contribution in [0, 0.1) is 0 Å². The first-order chi connectivity index (χ1) is 9.24. The van der Waals surface area contributed by atoms with Crippen molar-refractivity contribution in [3.8, 4) is 0 Å². The van der Waals surface area contributed by atoms with Gasteiger partial charge in [-0.3, -0.25) is 14.1 Å². The second-order valence-electron chi connectivity index (χ2n) is 4.46. The molecule has 5 nitrogen and oxygen atoms in total. The van der Waals surface area contributed by atoms with E-state index in [0.29, 0.717) is 12.2 Å². The maximum absolute atomic E-state index is 11.9. The Labute approximate surface area is 112 Å². The van der Waals surface area contributed by atoms with Crippen LogP contribution in [0.15, 0.2) is 35.3 Å². The number of aliphatic hydroxyl groups excluding tert-OH is 1. The largest absolute Gasteiger partial charge is 0.396 e. The number of aromatic nitrogens is 2. The van der Waals surface area contributed by atoms with Crippen LogP contribution in [-0.4, -0.2) is 39.1 Å². The molecule has 2 aromatic heterocycles. The SMILES string of the molecule is CCN(CCCO)Cc1cc(=O)n2ccccc2n1. The van der Waals surface area contributed by atoms with Crippen molar-refractivity contribution in [1.82, 2.24) is 14.3 Å². The van der Waals surface area contributed by atoms with Crippen LogP contribution in [0.3, 0.4) is 0 Å². The average Bonchev–Trinajstić information content (AvgIpc) is 2.43. The van der Waals surface area contributed by atoms with E-state index in [-0.39, 0.29) is 12.2 Å². The van der Waals surface area contributed by atoms with Gasteiger partial charge in [-0.1, -0.05) is 13.0 Å². The van der Waals surface area contributed by atoms with Crippen LogP contribution in [0.25, 0.3) is 5.65 Å². The van der Waals surface area contributed by atoms with Crippen molar-refractivity contribution in [3.63, 3.8) is 0 Å². The van der Waals surface area contributed by atoms with Crippen molar-refractivity contribution in [2.45, 2.75) is 19.9 Å². The van der Waals surface area contributed by atoms with Crippen LogP contribution in [0.5, 0.6) is 0 Å². The Morgan fingerprint density at radius 3 is 3.00 bits per heavy atom. The molecule has 0 saturated heterocycles. The molecule has 0 amide bonds. The van der Waals surface area contributed by atoms with E-state index >= 15 is 0 Å². The summed E-state index contributed by atoms with van der Waals surface area (Å²) in [6.07, 6.45) is 2.46. The topological polar surface area (TPSA) is 57.8 Å². The van der Waals surface area contributed by atoms with E-state index < -0.39 is 0 Å². The van der Waals surface area contributed by atoms with E-state index in [2.05, 4.69) is 16.8 Å². The minimum atomic E-state index is -0.0567. The van der Waals surface area contributed by atoms with E-state index in [4.69, 9.17) is 5.11 Å². The number of pyridine rings is 1. The zero-order chi connectivity index (χ0) is 13.7. The molecule has 0 atom stereocenters. The van der Waals surface area contributed by atoms with Crippen LogP contribution in [0.4, 0.5) is 0 Å². The minimum absolute atomic E-state index is 0.0567. The Morgan fingerprint density at radius 2 is 2.26 bits per heavy atom. The molecule has 0 fully saturated rings. The number of rotatable bonds is 6. The molecule has 0 radical (unpaired) electrons. The second kappa shape index (κ2) is 6.45. The highest BCUT2D eigenvalue weighted by molar-refractivity contribution is 5.37. The van der Waals surface area contributed by atoms with Crippen LogP contribution in [0.2, 0.25) is 0 Å². The summed E-state index contributed by atoms with van der Waals surface area (Å²) in [7, 11) is 0. The molecule has 0 aliphatic carbocycles. The summed E-state index contributed by atoms with van der Waals surface area (Å²) in [5.74, 6) is 0. The smallest absolute Gasteiger partial charge is 0.258 e. The summed E-state index contributed by atoms with van der Waals surface area (Å²) in [6, 6.07) is 7.09. The quantitative estimate of drug-likeness (QED) is 0.839. The summed E-state index contributed by atoms with van der Waals surface area (Å²) in [4.78, 5) is 18.6. The maximum atomic E-state index is 11.9. The van der Waals surface area contributed by atoms with Gasteiger partial charge in [0.15, 0.2) is 0 Å². The number of nitrogens with zero attached hydrogens (tertiary/aromatic N) is 3. The van der Waals surface area contributed by atoms with Gasteiger partial charge in [0, 0.05) is 32.0 Å². The van der Waals surface area contributed by atoms with Crippen molar-refractivity contribution in [2.24, 2.45) is 0 Å². The lowest BCUT2D eigenvalue weighted by molar-refractivity contribution is 0.224. The third-order valence-electron chi connectivity index (χ3n) is 3.09. The van der Waals surface area contributed by atoms with Gasteiger partial charge in [-0.25, -0.2) is 4.98 Å². The van der Waals surface area contributed by atoms with Gasteiger partial charge in [0.25, 0.3) is 5.56 Å². The highest BCUT2D eigenvalue weighted by atomic mass is 16.3. The van der Waals surface area contributed by atoms with Gasteiger partial charge in [0.1, 0.15) is 5.65 Å². The monoisotopic (exact) mass is 261 g/mol. The van der Waals surface area contributed by atoms with Gasteiger partial charge in [-0.2, -0.15) is 0 Å². The van der Waals surface area contributed by atoms with Crippen molar-refractivity contribution in [3.05, 3.63) is 46.5 Å². The molecule has 2 heterocycles. The van der Waals surface area contributed by atoms with E-state index in [1.807, 2.05) is 18.2 Å². The van der Waals surface area contributed by atoms with E-state index in [9.17, 15) is 4.79 Å². The highest BCUT2D eigenvalue weighted by Gasteiger charge is 2.07. The summed E-state index contributed by atoms with van der Waals surface area (Å²) in [5, 5.41) is 8.87. The fourth-order valence-corrected chi connectivity index (χ4v) is 2.06. The van der Waals surface area contributed by atoms with Gasteiger partial charge in [-0.15, -0.1) is 0 Å². The minimum Gasteiger partial charge on any atom is -0.396 e. The second-order valence-corrected chi connectivity index (χ2v) is 4.46. The molecule has 2 aromatic rings. The summed E-state index contributed by atoms with van der Waals surface area (Å²) in [5.41, 5.74) is 1.39. The number of hydrogen-bond donors (Lipinski definition) is 1. The molecule has 0 unspecified atom stereocenters. The first-order valence-corrected chi connectivity index (χ1v) is 6.55. The summed E-state index contributed by atoms with van der Waals surface area (Å²) in [6.45, 7) is 4.56. The molecule has 0 bridgehead atoms. The van der Waals surface area contributed by atoms with Gasteiger partial charge in [0.05, 0.1) is 5.69 Å². The summed E-state index contributed by atoms with van der Waals surface area (Å²) >= 11 is 0. The van der Waals surface area contributed by atoms with Crippen molar-refractivity contribution in [1.29, 1.82) is 0 Å². The third kappa shape index (κ3) is 3.39. The first kappa shape index (κ1) is 13.7. The molecule has 1 N–H and O–H groups in total. The molecule has 0 aliphatic rings. The Balaban J connectivity index is 2.23. The molecule has 0 aromatic carbocycles. The molecule has 102 valence electrons. The van der Waals surface area contributed by atoms with Crippen molar-refractivity contribution >= 4 is 5.65 Å². The van der Waals surface area contributed by atoms with E-state index in [0.717, 1.165) is 25.2 Å². The highest BCUT2D eigenvalue weighted by Crippen LogP contribution is 2.03. The molecule has 2 rings (SSSR count). The predicted octanol–water partition coefficient (Wildman–Crippen LogP) is 0.899. The van der Waals surface area contributed by atoms with Gasteiger partial charge in [-0.05, 0) is 25.1 Å². The number of aliphatic hydroxyl groups is 1. The Morgan fingerprint density at radius 1 is 1.42 bits per heavy atom. The lowest BCUT2D eigenvalue weighted by Gasteiger charge is -2.19. The van der Waals surface area contributed by atoms with E-state index in [1.165, 1.54) is 4.40 Å². The average molecular weight is 261 g/mol. The lowest BCUT2D eigenvalue weighted by atomic mass is 10.3. The number of hydrogen-bond acceptors (Lipinski definition) is 4. The molecule has 0 saturated carbocycles. The fourth-order valence-electron chi connectivity index (χ4n) is 2.06. The third-order valence-corrected chi connectivity index (χ3v) is 3.09. The molecular weight excluding hydrogens is 242 g/mol. The molecule has 0 spiro atoms. The van der Waals surface area contributed by atoms with Crippen LogP contribution >= 0.6 is 0 Å². The number of fused-ring (bicyclic) bond motifs is 1. The molecule has 19 heavy (non-hydrogen) atoms. The standard InChI is InChI=1S/C14H19N3O2/c1-2-16(7-5-9-18)11-12-10-14(19)17-8-4-3-6-13(17)15-12/h3-4,6,8,10,18H,2,5,7,9,11H2,1H3. The Hall–Kier alpha value is -1.72. The van der Waals surface area contributed by atoms with Crippen LogP contribution in [-0.2, 0) is 6.54 Å². The van der Waals surface area contributed by atoms with Gasteiger partial charge < -0.3 is 5.11 Å². The fraction of sp³-hybridized carbons (Fsp3) is 0.429.